The van der Waals surface area contributed by atoms with E-state index in [-0.39, 0.29) is 22.6 Å². The Hall–Kier alpha value is -4.06. The number of carbonyl (C=O) groups excluding carboxylic acids is 4. The molecule has 0 spiro atoms. The lowest BCUT2D eigenvalue weighted by Gasteiger charge is -2.26. The number of halogens is 2. The molecule has 3 aromatic rings. The summed E-state index contributed by atoms with van der Waals surface area (Å²) in [6.07, 6.45) is 1.79. The molecule has 8 nitrogen and oxygen atoms in total. The monoisotopic (exact) mass is 614 g/mol. The van der Waals surface area contributed by atoms with Crippen LogP contribution in [0.15, 0.2) is 66.2 Å². The van der Waals surface area contributed by atoms with Crippen LogP contribution in [0.2, 0.25) is 0 Å². The first kappa shape index (κ1) is 26.0. The molecule has 37 heavy (non-hydrogen) atoms. The Bertz CT molecular complexity index is 1450. The summed E-state index contributed by atoms with van der Waals surface area (Å²) in [7, 11) is 2.74. The largest absolute Gasteiger partial charge is 0.496 e. The van der Waals surface area contributed by atoms with E-state index in [2.05, 4.69) is 32.6 Å². The van der Waals surface area contributed by atoms with Crippen molar-refractivity contribution in [3.8, 4) is 5.75 Å². The van der Waals surface area contributed by atoms with Crippen LogP contribution in [0.1, 0.15) is 27.0 Å². The molecule has 1 heterocycles. The van der Waals surface area contributed by atoms with Gasteiger partial charge in [0.25, 0.3) is 11.8 Å². The van der Waals surface area contributed by atoms with Gasteiger partial charge < -0.3 is 9.47 Å². The predicted octanol–water partition coefficient (Wildman–Crippen LogP) is 4.48. The van der Waals surface area contributed by atoms with Gasteiger partial charge in [0.15, 0.2) is 0 Å². The fourth-order valence-electron chi connectivity index (χ4n) is 3.84. The third-order valence-corrected chi connectivity index (χ3v) is 6.59. The van der Waals surface area contributed by atoms with Crippen LogP contribution < -0.4 is 15.0 Å². The topological polar surface area (TPSA) is 102 Å². The van der Waals surface area contributed by atoms with Gasteiger partial charge in [0.1, 0.15) is 17.1 Å². The molecule has 0 bridgehead atoms. The number of esters is 1. The number of hydrogen-bond acceptors (Lipinski definition) is 6. The molecule has 188 valence electrons. The zero-order chi connectivity index (χ0) is 26.7. The average Bonchev–Trinajstić information content (AvgIpc) is 2.87. The average molecular weight is 614 g/mol. The molecule has 1 N–H and O–H groups in total. The van der Waals surface area contributed by atoms with E-state index >= 15 is 0 Å². The molecule has 0 unspecified atom stereocenters. The van der Waals surface area contributed by atoms with E-state index in [0.29, 0.717) is 17.7 Å². The Labute approximate surface area is 225 Å². The Morgan fingerprint density at radius 1 is 1.05 bits per heavy atom. The van der Waals surface area contributed by atoms with Crippen LogP contribution in [0.25, 0.3) is 6.08 Å². The Morgan fingerprint density at radius 3 is 2.43 bits per heavy atom. The number of methoxy groups -OCH3 is 2. The Morgan fingerprint density at radius 2 is 1.78 bits per heavy atom. The van der Waals surface area contributed by atoms with Crippen LogP contribution in [0, 0.1) is 9.39 Å². The van der Waals surface area contributed by atoms with Gasteiger partial charge in [0, 0.05) is 15.6 Å². The molecular weight excluding hydrogens is 594 g/mol. The lowest BCUT2D eigenvalue weighted by Crippen LogP contribution is -2.54. The van der Waals surface area contributed by atoms with Gasteiger partial charge >= 0.3 is 12.0 Å². The van der Waals surface area contributed by atoms with Crippen molar-refractivity contribution >= 4 is 58.2 Å². The van der Waals surface area contributed by atoms with Crippen molar-refractivity contribution in [3.05, 3.63) is 97.9 Å². The van der Waals surface area contributed by atoms with E-state index in [1.165, 1.54) is 56.7 Å². The van der Waals surface area contributed by atoms with Crippen molar-refractivity contribution in [2.75, 3.05) is 19.1 Å². The lowest BCUT2D eigenvalue weighted by atomic mass is 10.0. The van der Waals surface area contributed by atoms with Gasteiger partial charge in [0.05, 0.1) is 25.5 Å². The van der Waals surface area contributed by atoms with E-state index in [4.69, 9.17) is 4.74 Å². The number of anilines is 1. The van der Waals surface area contributed by atoms with Crippen LogP contribution in [-0.4, -0.2) is 38.0 Å². The number of barbiturate groups is 1. The summed E-state index contributed by atoms with van der Waals surface area (Å²) in [5, 5.41) is 2.17. The molecule has 3 aromatic carbocycles. The van der Waals surface area contributed by atoms with Gasteiger partial charge in [0.2, 0.25) is 0 Å². The molecule has 10 heteroatoms. The van der Waals surface area contributed by atoms with Crippen LogP contribution in [0.3, 0.4) is 0 Å². The molecule has 1 aliphatic heterocycles. The van der Waals surface area contributed by atoms with Gasteiger partial charge in [-0.15, -0.1) is 0 Å². The van der Waals surface area contributed by atoms with Crippen LogP contribution in [0.4, 0.5) is 14.9 Å². The van der Waals surface area contributed by atoms with Crippen LogP contribution in [0.5, 0.6) is 5.75 Å². The van der Waals surface area contributed by atoms with Crippen LogP contribution >= 0.6 is 22.6 Å². The number of amides is 4. The molecule has 4 amide bonds. The highest BCUT2D eigenvalue weighted by atomic mass is 127. The van der Waals surface area contributed by atoms with Gasteiger partial charge in [-0.05, 0) is 88.3 Å². The van der Waals surface area contributed by atoms with Crippen LogP contribution in [-0.2, 0) is 20.7 Å². The molecule has 1 fully saturated rings. The van der Waals surface area contributed by atoms with Gasteiger partial charge in [-0.25, -0.2) is 18.9 Å². The number of carbonyl (C=O) groups is 4. The molecule has 1 aliphatic rings. The predicted molar refractivity (Wildman–Crippen MR) is 142 cm³/mol. The van der Waals surface area contributed by atoms with Gasteiger partial charge in [-0.3, -0.25) is 14.9 Å². The highest BCUT2D eigenvalue weighted by Gasteiger charge is 2.37. The zero-order valence-corrected chi connectivity index (χ0v) is 21.9. The third kappa shape index (κ3) is 5.53. The highest BCUT2D eigenvalue weighted by molar-refractivity contribution is 14.1. The molecule has 0 saturated carbocycles. The van der Waals surface area contributed by atoms with E-state index in [0.717, 1.165) is 19.6 Å². The molecule has 1 saturated heterocycles. The number of benzene rings is 3. The minimum atomic E-state index is -0.907. The van der Waals surface area contributed by atoms with Crippen molar-refractivity contribution in [1.29, 1.82) is 0 Å². The second-order valence-corrected chi connectivity index (χ2v) is 9.15. The van der Waals surface area contributed by atoms with Crippen molar-refractivity contribution < 1.29 is 33.0 Å². The summed E-state index contributed by atoms with van der Waals surface area (Å²) >= 11 is 2.11. The highest BCUT2D eigenvalue weighted by Crippen LogP contribution is 2.31. The van der Waals surface area contributed by atoms with E-state index in [9.17, 15) is 23.6 Å². The number of urea groups is 1. The molecule has 0 aromatic heterocycles. The van der Waals surface area contributed by atoms with Crippen molar-refractivity contribution in [1.82, 2.24) is 5.32 Å². The van der Waals surface area contributed by atoms with Crippen molar-refractivity contribution in [3.63, 3.8) is 0 Å². The number of nitrogens with one attached hydrogen (secondary N) is 1. The summed E-state index contributed by atoms with van der Waals surface area (Å²) in [5.74, 6) is -2.07. The number of nitrogens with zero attached hydrogens (tertiary/aromatic N) is 1. The van der Waals surface area contributed by atoms with E-state index in [1.807, 2.05) is 6.07 Å². The first-order valence-electron chi connectivity index (χ1n) is 10.9. The maximum atomic E-state index is 13.6. The second-order valence-electron chi connectivity index (χ2n) is 7.99. The van der Waals surface area contributed by atoms with Crippen molar-refractivity contribution in [2.45, 2.75) is 6.42 Å². The fraction of sp³-hybridized carbons (Fsp3) is 0.111. The minimum absolute atomic E-state index is 0.172. The minimum Gasteiger partial charge on any atom is -0.496 e. The van der Waals surface area contributed by atoms with E-state index < -0.39 is 23.8 Å². The van der Waals surface area contributed by atoms with Gasteiger partial charge in [-0.1, -0.05) is 12.1 Å². The number of ether oxygens (including phenoxy) is 2. The molecule has 0 atom stereocenters. The normalized spacial score (nSPS) is 14.5. The third-order valence-electron chi connectivity index (χ3n) is 5.63. The Kier molecular flexibility index (Phi) is 7.67. The van der Waals surface area contributed by atoms with Crippen molar-refractivity contribution in [2.24, 2.45) is 0 Å². The number of imide groups is 2. The molecule has 0 radical (unpaired) electrons. The smallest absolute Gasteiger partial charge is 0.337 e. The summed E-state index contributed by atoms with van der Waals surface area (Å²) in [6.45, 7) is 0. The molecule has 4 rings (SSSR count). The summed E-state index contributed by atoms with van der Waals surface area (Å²) in [4.78, 5) is 50.8. The SMILES string of the molecule is COC(=O)c1ccc(N2C(=O)NC(=O)/C(=C\c3cc(I)c(Cc4cccc(F)c4)c(OC)c3)C2=O)cc1. The first-order chi connectivity index (χ1) is 17.7. The quantitative estimate of drug-likeness (QED) is 0.190. The summed E-state index contributed by atoms with van der Waals surface area (Å²) in [6, 6.07) is 14.4. The fourth-order valence-corrected chi connectivity index (χ4v) is 4.66. The molecular formula is C27H20FIN2O6. The molecule has 0 aliphatic carbocycles. The standard InChI is InChI=1S/C27H20FIN2O6/c1-36-23-14-16(13-22(29)20(23)11-15-4-3-5-18(28)10-15)12-21-24(32)30-27(35)31(25(21)33)19-8-6-17(7-9-19)26(34)37-2/h3-10,12-14H,11H2,1-2H3,(H,30,32,35)/b21-12+. The second kappa shape index (κ2) is 10.9. The maximum Gasteiger partial charge on any atom is 0.337 e. The summed E-state index contributed by atoms with van der Waals surface area (Å²) < 4.78 is 24.6. The lowest BCUT2D eigenvalue weighted by molar-refractivity contribution is -0.122. The van der Waals surface area contributed by atoms with Gasteiger partial charge in [-0.2, -0.15) is 0 Å². The first-order valence-corrected chi connectivity index (χ1v) is 12.0. The Balaban J connectivity index is 1.67. The summed E-state index contributed by atoms with van der Waals surface area (Å²) in [5.41, 5.74) is 2.23. The number of rotatable bonds is 6. The zero-order valence-electron chi connectivity index (χ0n) is 19.7. The number of hydrogen-bond donors (Lipinski definition) is 1. The maximum absolute atomic E-state index is 13.6. The van der Waals surface area contributed by atoms with E-state index in [1.54, 1.807) is 18.2 Å².